The zero-order chi connectivity index (χ0) is 8.20. The normalized spacial score (nSPS) is 12.6. The molecule has 0 N–H and O–H groups in total. The van der Waals surface area contributed by atoms with Gasteiger partial charge in [0.05, 0.1) is 0 Å². The van der Waals surface area contributed by atoms with E-state index in [2.05, 4.69) is 32.6 Å². The average Bonchev–Trinajstić information content (AvgIpc) is 1.80. The molecule has 0 aliphatic rings. The smallest absolute Gasteiger partial charge is 0.102 e. The molecule has 0 unspecified atom stereocenters. The first-order valence-corrected chi connectivity index (χ1v) is 3.83. The molecule has 1 nitrogen and oxygen atoms in total. The van der Waals surface area contributed by atoms with Crippen molar-refractivity contribution >= 4 is 0 Å². The molecule has 0 saturated carbocycles. The lowest BCUT2D eigenvalue weighted by Gasteiger charge is -2.33. The lowest BCUT2D eigenvalue weighted by Crippen LogP contribution is -2.42. The van der Waals surface area contributed by atoms with Crippen molar-refractivity contribution in [3.63, 3.8) is 0 Å². The standard InChI is InChI=1S/C8H18FN/c1-5-10(7-6-9)8(2,3)4/h5-7H2,1-4H3. The monoisotopic (exact) mass is 147 g/mol. The highest BCUT2D eigenvalue weighted by Gasteiger charge is 2.18. The van der Waals surface area contributed by atoms with Crippen LogP contribution in [0.4, 0.5) is 4.39 Å². The van der Waals surface area contributed by atoms with Crippen molar-refractivity contribution in [2.75, 3.05) is 19.8 Å². The van der Waals surface area contributed by atoms with E-state index in [1.54, 1.807) is 0 Å². The van der Waals surface area contributed by atoms with E-state index in [1.165, 1.54) is 0 Å². The Morgan fingerprint density at radius 2 is 1.80 bits per heavy atom. The van der Waals surface area contributed by atoms with Crippen LogP contribution in [-0.2, 0) is 0 Å². The Morgan fingerprint density at radius 3 is 1.90 bits per heavy atom. The van der Waals surface area contributed by atoms with Gasteiger partial charge in [0.2, 0.25) is 0 Å². The van der Waals surface area contributed by atoms with Crippen molar-refractivity contribution in [2.45, 2.75) is 33.2 Å². The molecule has 0 atom stereocenters. The van der Waals surface area contributed by atoms with Crippen LogP contribution in [0.1, 0.15) is 27.7 Å². The third kappa shape index (κ3) is 3.16. The first-order chi connectivity index (χ1) is 4.52. The maximum Gasteiger partial charge on any atom is 0.102 e. The number of hydrogen-bond donors (Lipinski definition) is 0. The van der Waals surface area contributed by atoms with Crippen molar-refractivity contribution in [3.05, 3.63) is 0 Å². The molecule has 2 heteroatoms. The molecular weight excluding hydrogens is 129 g/mol. The summed E-state index contributed by atoms with van der Waals surface area (Å²) in [6.45, 7) is 9.60. The van der Waals surface area contributed by atoms with Crippen LogP contribution in [0.15, 0.2) is 0 Å². The highest BCUT2D eigenvalue weighted by Crippen LogP contribution is 2.11. The SMILES string of the molecule is CCN(CCF)C(C)(C)C. The van der Waals surface area contributed by atoms with Gasteiger partial charge in [-0.15, -0.1) is 0 Å². The number of alkyl halides is 1. The molecule has 0 amide bonds. The summed E-state index contributed by atoms with van der Waals surface area (Å²) in [4.78, 5) is 2.12. The minimum Gasteiger partial charge on any atom is -0.296 e. The summed E-state index contributed by atoms with van der Waals surface area (Å²) < 4.78 is 11.9. The number of nitrogens with zero attached hydrogens (tertiary/aromatic N) is 1. The van der Waals surface area contributed by atoms with Gasteiger partial charge in [-0.3, -0.25) is 4.90 Å². The van der Waals surface area contributed by atoms with Gasteiger partial charge in [-0.25, -0.2) is 4.39 Å². The van der Waals surface area contributed by atoms with E-state index in [4.69, 9.17) is 0 Å². The maximum absolute atomic E-state index is 11.9. The summed E-state index contributed by atoms with van der Waals surface area (Å²) in [5.41, 5.74) is 0.112. The Morgan fingerprint density at radius 1 is 1.30 bits per heavy atom. The Hall–Kier alpha value is -0.110. The molecule has 0 spiro atoms. The van der Waals surface area contributed by atoms with Crippen LogP contribution in [0.5, 0.6) is 0 Å². The van der Waals surface area contributed by atoms with E-state index in [1.807, 2.05) is 0 Å². The summed E-state index contributed by atoms with van der Waals surface area (Å²) >= 11 is 0. The predicted octanol–water partition coefficient (Wildman–Crippen LogP) is 2.08. The van der Waals surface area contributed by atoms with Gasteiger partial charge in [-0.1, -0.05) is 6.92 Å². The second kappa shape index (κ2) is 3.91. The first-order valence-electron chi connectivity index (χ1n) is 3.83. The van der Waals surface area contributed by atoms with Crippen LogP contribution in [0, 0.1) is 0 Å². The van der Waals surface area contributed by atoms with Crippen molar-refractivity contribution in [3.8, 4) is 0 Å². The van der Waals surface area contributed by atoms with E-state index in [0.29, 0.717) is 6.54 Å². The maximum atomic E-state index is 11.9. The van der Waals surface area contributed by atoms with Crippen LogP contribution in [-0.4, -0.2) is 30.2 Å². The highest BCUT2D eigenvalue weighted by atomic mass is 19.1. The molecule has 0 aromatic heterocycles. The lowest BCUT2D eigenvalue weighted by molar-refractivity contribution is 0.134. The van der Waals surface area contributed by atoms with Crippen LogP contribution in [0.3, 0.4) is 0 Å². The molecule has 0 aliphatic heterocycles. The zero-order valence-corrected chi connectivity index (χ0v) is 7.45. The van der Waals surface area contributed by atoms with Crippen LogP contribution in [0.25, 0.3) is 0 Å². The van der Waals surface area contributed by atoms with Crippen LogP contribution in [0.2, 0.25) is 0 Å². The van der Waals surface area contributed by atoms with Gasteiger partial charge in [-0.2, -0.15) is 0 Å². The van der Waals surface area contributed by atoms with Crippen molar-refractivity contribution in [2.24, 2.45) is 0 Å². The molecule has 0 saturated heterocycles. The highest BCUT2D eigenvalue weighted by molar-refractivity contribution is 4.74. The summed E-state index contributed by atoms with van der Waals surface area (Å²) in [6.07, 6.45) is 0. The molecule has 0 bridgehead atoms. The fourth-order valence-corrected chi connectivity index (χ4v) is 1.07. The molecule has 0 aromatic carbocycles. The van der Waals surface area contributed by atoms with Crippen molar-refractivity contribution < 1.29 is 4.39 Å². The average molecular weight is 147 g/mol. The first kappa shape index (κ1) is 9.89. The van der Waals surface area contributed by atoms with E-state index in [9.17, 15) is 4.39 Å². The summed E-state index contributed by atoms with van der Waals surface area (Å²) in [7, 11) is 0. The molecular formula is C8H18FN. The number of rotatable bonds is 3. The molecule has 0 aliphatic carbocycles. The van der Waals surface area contributed by atoms with Gasteiger partial charge in [0.1, 0.15) is 6.67 Å². The fraction of sp³-hybridized carbons (Fsp3) is 1.00. The molecule has 0 heterocycles. The van der Waals surface area contributed by atoms with E-state index in [0.717, 1.165) is 6.54 Å². The van der Waals surface area contributed by atoms with Crippen LogP contribution < -0.4 is 0 Å². The number of halogens is 1. The quantitative estimate of drug-likeness (QED) is 0.590. The van der Waals surface area contributed by atoms with Gasteiger partial charge < -0.3 is 0 Å². The molecule has 0 radical (unpaired) electrons. The van der Waals surface area contributed by atoms with E-state index in [-0.39, 0.29) is 12.2 Å². The van der Waals surface area contributed by atoms with Gasteiger partial charge in [0.25, 0.3) is 0 Å². The van der Waals surface area contributed by atoms with Gasteiger partial charge in [-0.05, 0) is 27.3 Å². The van der Waals surface area contributed by atoms with E-state index < -0.39 is 0 Å². The van der Waals surface area contributed by atoms with Gasteiger partial charge in [0.15, 0.2) is 0 Å². The summed E-state index contributed by atoms with van der Waals surface area (Å²) in [5, 5.41) is 0. The molecule has 62 valence electrons. The summed E-state index contributed by atoms with van der Waals surface area (Å²) in [6, 6.07) is 0. The van der Waals surface area contributed by atoms with Crippen molar-refractivity contribution in [1.82, 2.24) is 4.90 Å². The largest absolute Gasteiger partial charge is 0.296 e. The zero-order valence-electron chi connectivity index (χ0n) is 7.45. The Balaban J connectivity index is 3.81. The Labute approximate surface area is 63.2 Å². The van der Waals surface area contributed by atoms with E-state index >= 15 is 0 Å². The summed E-state index contributed by atoms with van der Waals surface area (Å²) in [5.74, 6) is 0. The molecule has 10 heavy (non-hydrogen) atoms. The Bertz CT molecular complexity index is 85.7. The minimum atomic E-state index is -0.245. The Kier molecular flexibility index (Phi) is 3.87. The topological polar surface area (TPSA) is 3.24 Å². The van der Waals surface area contributed by atoms with Gasteiger partial charge in [0, 0.05) is 12.1 Å². The predicted molar refractivity (Wildman–Crippen MR) is 43.0 cm³/mol. The molecule has 0 fully saturated rings. The lowest BCUT2D eigenvalue weighted by atomic mass is 10.1. The second-order valence-corrected chi connectivity index (χ2v) is 3.44. The third-order valence-corrected chi connectivity index (χ3v) is 1.68. The fourth-order valence-electron chi connectivity index (χ4n) is 1.07. The second-order valence-electron chi connectivity index (χ2n) is 3.44. The minimum absolute atomic E-state index is 0.112. The van der Waals surface area contributed by atoms with Gasteiger partial charge >= 0.3 is 0 Å². The third-order valence-electron chi connectivity index (χ3n) is 1.68. The van der Waals surface area contributed by atoms with Crippen molar-refractivity contribution in [1.29, 1.82) is 0 Å². The van der Waals surface area contributed by atoms with Crippen LogP contribution >= 0.6 is 0 Å². The number of hydrogen-bond acceptors (Lipinski definition) is 1. The molecule has 0 aromatic rings. The molecule has 0 rings (SSSR count).